The van der Waals surface area contributed by atoms with Gasteiger partial charge in [-0.3, -0.25) is 4.79 Å². The number of nitrogens with one attached hydrogen (secondary N) is 1. The van der Waals surface area contributed by atoms with E-state index in [2.05, 4.69) is 12.2 Å². The monoisotopic (exact) mass is 326 g/mol. The Morgan fingerprint density at radius 1 is 1.12 bits per heavy atom. The van der Waals surface area contributed by atoms with Crippen LogP contribution < -0.4 is 10.2 Å². The second kappa shape index (κ2) is 7.97. The number of nitrogens with zero attached hydrogens (tertiary/aromatic N) is 1. The highest BCUT2D eigenvalue weighted by Crippen LogP contribution is 2.28. The molecule has 1 amide bonds. The molecule has 0 radical (unpaired) electrons. The summed E-state index contributed by atoms with van der Waals surface area (Å²) in [6, 6.07) is 17.6. The van der Waals surface area contributed by atoms with Gasteiger partial charge in [-0.1, -0.05) is 43.3 Å². The lowest BCUT2D eigenvalue weighted by atomic mass is 9.90. The molecule has 0 aliphatic rings. The van der Waals surface area contributed by atoms with E-state index in [9.17, 15) is 4.79 Å². The smallest absolute Gasteiger partial charge is 0.251 e. The number of hydrogen-bond acceptors (Lipinski definition) is 3. The third-order valence-electron chi connectivity index (χ3n) is 4.42. The first-order valence-electron chi connectivity index (χ1n) is 8.18. The van der Waals surface area contributed by atoms with Crippen molar-refractivity contribution in [2.24, 2.45) is 0 Å². The standard InChI is InChI=1S/C20H26N2O2/c1-5-20(24-4,17-11-7-6-8-12-17)15-21-19(23)16-10-9-13-18(14-16)22(2)3/h6-14H,5,15H2,1-4H3,(H,21,23)/t20-/m1/s1. The van der Waals surface area contributed by atoms with Gasteiger partial charge in [0, 0.05) is 32.5 Å². The Labute approximate surface area is 144 Å². The molecule has 0 unspecified atom stereocenters. The van der Waals surface area contributed by atoms with Crippen LogP contribution in [0.1, 0.15) is 29.3 Å². The van der Waals surface area contributed by atoms with Gasteiger partial charge >= 0.3 is 0 Å². The van der Waals surface area contributed by atoms with E-state index < -0.39 is 5.60 Å². The molecule has 0 aliphatic carbocycles. The van der Waals surface area contributed by atoms with Gasteiger partial charge in [-0.05, 0) is 30.2 Å². The summed E-state index contributed by atoms with van der Waals surface area (Å²) in [5, 5.41) is 3.02. The van der Waals surface area contributed by atoms with E-state index in [1.54, 1.807) is 7.11 Å². The van der Waals surface area contributed by atoms with Gasteiger partial charge in [0.1, 0.15) is 5.60 Å². The lowest BCUT2D eigenvalue weighted by Crippen LogP contribution is -2.42. The quantitative estimate of drug-likeness (QED) is 0.847. The minimum atomic E-state index is -0.518. The Balaban J connectivity index is 2.15. The first kappa shape index (κ1) is 18.0. The van der Waals surface area contributed by atoms with Crippen molar-refractivity contribution in [2.45, 2.75) is 18.9 Å². The van der Waals surface area contributed by atoms with Gasteiger partial charge < -0.3 is 15.0 Å². The van der Waals surface area contributed by atoms with Crippen LogP contribution in [0, 0.1) is 0 Å². The minimum absolute atomic E-state index is 0.0930. The highest BCUT2D eigenvalue weighted by atomic mass is 16.5. The number of hydrogen-bond donors (Lipinski definition) is 1. The Bertz CT molecular complexity index is 664. The molecule has 2 rings (SSSR count). The number of carbonyl (C=O) groups is 1. The lowest BCUT2D eigenvalue weighted by molar-refractivity contribution is -0.0164. The summed E-state index contributed by atoms with van der Waals surface area (Å²) >= 11 is 0. The maximum atomic E-state index is 12.5. The van der Waals surface area contributed by atoms with Gasteiger partial charge in [-0.2, -0.15) is 0 Å². The fourth-order valence-electron chi connectivity index (χ4n) is 2.76. The van der Waals surface area contributed by atoms with Crippen LogP contribution in [-0.4, -0.2) is 33.7 Å². The number of ether oxygens (including phenoxy) is 1. The molecule has 24 heavy (non-hydrogen) atoms. The molecular formula is C20H26N2O2. The van der Waals surface area contributed by atoms with Gasteiger partial charge in [0.05, 0.1) is 6.54 Å². The van der Waals surface area contributed by atoms with Crippen LogP contribution in [0.2, 0.25) is 0 Å². The minimum Gasteiger partial charge on any atom is -0.378 e. The molecular weight excluding hydrogens is 300 g/mol. The summed E-state index contributed by atoms with van der Waals surface area (Å²) in [6.45, 7) is 2.49. The van der Waals surface area contributed by atoms with Gasteiger partial charge in [-0.15, -0.1) is 0 Å². The fourth-order valence-corrected chi connectivity index (χ4v) is 2.76. The molecule has 1 N–H and O–H groups in total. The fraction of sp³-hybridized carbons (Fsp3) is 0.350. The van der Waals surface area contributed by atoms with E-state index in [1.165, 1.54) is 0 Å². The van der Waals surface area contributed by atoms with Crippen molar-refractivity contribution < 1.29 is 9.53 Å². The van der Waals surface area contributed by atoms with Gasteiger partial charge in [0.25, 0.3) is 5.91 Å². The van der Waals surface area contributed by atoms with Crippen LogP contribution in [0.15, 0.2) is 54.6 Å². The molecule has 0 heterocycles. The number of carbonyl (C=O) groups excluding carboxylic acids is 1. The average molecular weight is 326 g/mol. The van der Waals surface area contributed by atoms with Gasteiger partial charge in [0.15, 0.2) is 0 Å². The van der Waals surface area contributed by atoms with Crippen LogP contribution in [-0.2, 0) is 10.3 Å². The number of anilines is 1. The zero-order valence-electron chi connectivity index (χ0n) is 14.9. The van der Waals surface area contributed by atoms with E-state index in [4.69, 9.17) is 4.74 Å². The number of amides is 1. The second-order valence-electron chi connectivity index (χ2n) is 6.05. The molecule has 0 bridgehead atoms. The van der Waals surface area contributed by atoms with Crippen LogP contribution in [0.5, 0.6) is 0 Å². The normalized spacial score (nSPS) is 13.2. The first-order chi connectivity index (χ1) is 11.5. The SMILES string of the molecule is CC[C@](CNC(=O)c1cccc(N(C)C)c1)(OC)c1ccccc1. The molecule has 0 aliphatic heterocycles. The van der Waals surface area contributed by atoms with Crippen LogP contribution in [0.4, 0.5) is 5.69 Å². The summed E-state index contributed by atoms with van der Waals surface area (Å²) in [5.74, 6) is -0.0930. The summed E-state index contributed by atoms with van der Waals surface area (Å²) in [7, 11) is 5.61. The number of methoxy groups -OCH3 is 1. The molecule has 4 nitrogen and oxygen atoms in total. The van der Waals surface area contributed by atoms with E-state index in [-0.39, 0.29) is 5.91 Å². The van der Waals surface area contributed by atoms with E-state index in [0.29, 0.717) is 12.1 Å². The van der Waals surface area contributed by atoms with Crippen LogP contribution in [0.3, 0.4) is 0 Å². The van der Waals surface area contributed by atoms with Crippen molar-refractivity contribution in [3.63, 3.8) is 0 Å². The van der Waals surface area contributed by atoms with E-state index >= 15 is 0 Å². The molecule has 1 atom stereocenters. The lowest BCUT2D eigenvalue weighted by Gasteiger charge is -2.32. The molecule has 0 saturated heterocycles. The summed E-state index contributed by atoms with van der Waals surface area (Å²) < 4.78 is 5.80. The van der Waals surface area contributed by atoms with E-state index in [1.807, 2.05) is 73.6 Å². The summed E-state index contributed by atoms with van der Waals surface area (Å²) in [5.41, 5.74) is 2.20. The van der Waals surface area contributed by atoms with Crippen LogP contribution in [0.25, 0.3) is 0 Å². The molecule has 2 aromatic carbocycles. The van der Waals surface area contributed by atoms with Crippen molar-refractivity contribution in [1.29, 1.82) is 0 Å². The number of benzene rings is 2. The molecule has 0 fully saturated rings. The average Bonchev–Trinajstić information content (AvgIpc) is 2.63. The largest absolute Gasteiger partial charge is 0.378 e. The first-order valence-corrected chi connectivity index (χ1v) is 8.18. The van der Waals surface area contributed by atoms with Crippen LogP contribution >= 0.6 is 0 Å². The van der Waals surface area contributed by atoms with Gasteiger partial charge in [0.2, 0.25) is 0 Å². The summed E-state index contributed by atoms with van der Waals surface area (Å²) in [6.07, 6.45) is 0.769. The molecule has 0 aromatic heterocycles. The Kier molecular flexibility index (Phi) is 5.99. The highest BCUT2D eigenvalue weighted by molar-refractivity contribution is 5.95. The molecule has 0 spiro atoms. The van der Waals surface area contributed by atoms with Crippen molar-refractivity contribution in [3.8, 4) is 0 Å². The molecule has 0 saturated carbocycles. The predicted molar refractivity (Wildman–Crippen MR) is 98.5 cm³/mol. The summed E-state index contributed by atoms with van der Waals surface area (Å²) in [4.78, 5) is 14.5. The second-order valence-corrected chi connectivity index (χ2v) is 6.05. The third-order valence-corrected chi connectivity index (χ3v) is 4.42. The molecule has 2 aromatic rings. The maximum Gasteiger partial charge on any atom is 0.251 e. The van der Waals surface area contributed by atoms with Crippen molar-refractivity contribution in [1.82, 2.24) is 5.32 Å². The van der Waals surface area contributed by atoms with E-state index in [0.717, 1.165) is 17.7 Å². The maximum absolute atomic E-state index is 12.5. The Morgan fingerprint density at radius 3 is 2.42 bits per heavy atom. The van der Waals surface area contributed by atoms with Gasteiger partial charge in [-0.25, -0.2) is 0 Å². The molecule has 128 valence electrons. The Hall–Kier alpha value is -2.33. The molecule has 4 heteroatoms. The van der Waals surface area contributed by atoms with Crippen molar-refractivity contribution in [2.75, 3.05) is 32.6 Å². The zero-order chi connectivity index (χ0) is 17.6. The topological polar surface area (TPSA) is 41.6 Å². The highest BCUT2D eigenvalue weighted by Gasteiger charge is 2.30. The zero-order valence-corrected chi connectivity index (χ0v) is 14.9. The predicted octanol–water partition coefficient (Wildman–Crippen LogP) is 3.43. The third kappa shape index (κ3) is 3.95. The number of rotatable bonds is 7. The Morgan fingerprint density at radius 2 is 1.83 bits per heavy atom. The van der Waals surface area contributed by atoms with Crippen molar-refractivity contribution in [3.05, 3.63) is 65.7 Å². The van der Waals surface area contributed by atoms with Crippen molar-refractivity contribution >= 4 is 11.6 Å².